The zero-order chi connectivity index (χ0) is 19.7. The van der Waals surface area contributed by atoms with E-state index in [9.17, 15) is 8.78 Å². The molecule has 1 aromatic carbocycles. The molecule has 0 amide bonds. The van der Waals surface area contributed by atoms with Gasteiger partial charge < -0.3 is 4.98 Å². The summed E-state index contributed by atoms with van der Waals surface area (Å²) < 4.78 is 28.5. The maximum atomic E-state index is 13.5. The van der Waals surface area contributed by atoms with E-state index >= 15 is 0 Å². The first-order valence-corrected chi connectivity index (χ1v) is 8.56. The van der Waals surface area contributed by atoms with Crippen LogP contribution in [0.3, 0.4) is 0 Å². The number of pyridine rings is 2. The molecule has 0 aliphatic carbocycles. The van der Waals surface area contributed by atoms with Gasteiger partial charge in [-0.25, -0.2) is 19.0 Å². The summed E-state index contributed by atoms with van der Waals surface area (Å²) in [5, 5.41) is 4.56. The van der Waals surface area contributed by atoms with Crippen LogP contribution in [0.1, 0.15) is 25.4 Å². The van der Waals surface area contributed by atoms with Crippen LogP contribution in [0.25, 0.3) is 16.9 Å². The third-order valence-corrected chi connectivity index (χ3v) is 4.36. The standard InChI is InChI=1S/C21H15F2N5.Pt/c1-21(2,20-24-13-28(27-20)15-7-4-3-5-8-15)17-10-6-9-16(25-17)14-11-18(22)26-19(23)12-14;/h3-7,9-11,13H,1-2H3;/q-2;+2. The van der Waals surface area contributed by atoms with Crippen LogP contribution in [0.15, 0.2) is 54.9 Å². The van der Waals surface area contributed by atoms with Crippen molar-refractivity contribution in [1.29, 1.82) is 0 Å². The van der Waals surface area contributed by atoms with Gasteiger partial charge >= 0.3 is 21.1 Å². The van der Waals surface area contributed by atoms with Crippen molar-refractivity contribution in [3.05, 3.63) is 90.4 Å². The molecule has 4 rings (SSSR count). The molecule has 0 saturated carbocycles. The maximum absolute atomic E-state index is 13.5. The predicted octanol–water partition coefficient (Wildman–Crippen LogP) is 3.93. The summed E-state index contributed by atoms with van der Waals surface area (Å²) in [6, 6.07) is 19.3. The van der Waals surface area contributed by atoms with Gasteiger partial charge in [-0.2, -0.15) is 39.3 Å². The molecule has 3 heterocycles. The Morgan fingerprint density at radius 2 is 1.86 bits per heavy atom. The molecule has 8 heteroatoms. The summed E-state index contributed by atoms with van der Waals surface area (Å²) in [4.78, 5) is 12.1. The Kier molecular flexibility index (Phi) is 5.98. The van der Waals surface area contributed by atoms with E-state index in [4.69, 9.17) is 0 Å². The summed E-state index contributed by atoms with van der Waals surface area (Å²) >= 11 is 0. The molecule has 0 bridgehead atoms. The normalized spacial score (nSPS) is 11.2. The third-order valence-electron chi connectivity index (χ3n) is 4.36. The summed E-state index contributed by atoms with van der Waals surface area (Å²) in [7, 11) is 0. The number of benzene rings is 1. The molecule has 0 spiro atoms. The molecule has 148 valence electrons. The summed E-state index contributed by atoms with van der Waals surface area (Å²) in [6.07, 6.45) is 1.62. The van der Waals surface area contributed by atoms with Crippen LogP contribution in [0.4, 0.5) is 8.78 Å². The number of hydrogen-bond acceptors (Lipinski definition) is 4. The van der Waals surface area contributed by atoms with E-state index in [1.165, 1.54) is 0 Å². The second-order valence-electron chi connectivity index (χ2n) is 6.70. The van der Waals surface area contributed by atoms with Gasteiger partial charge in [0.15, 0.2) is 17.7 Å². The number of nitrogens with zero attached hydrogens (tertiary/aromatic N) is 5. The Morgan fingerprint density at radius 1 is 1.03 bits per heavy atom. The number of hydrogen-bond donors (Lipinski definition) is 0. The average molecular weight is 570 g/mol. The van der Waals surface area contributed by atoms with Crippen molar-refractivity contribution < 1.29 is 29.8 Å². The number of halogens is 2. The van der Waals surface area contributed by atoms with Crippen LogP contribution in [0, 0.1) is 24.0 Å². The van der Waals surface area contributed by atoms with Crippen LogP contribution in [-0.2, 0) is 26.5 Å². The maximum Gasteiger partial charge on any atom is 2.00 e. The van der Waals surface area contributed by atoms with Crippen LogP contribution < -0.4 is 0 Å². The molecule has 3 aromatic heterocycles. The monoisotopic (exact) mass is 570 g/mol. The second kappa shape index (κ2) is 8.29. The van der Waals surface area contributed by atoms with Gasteiger partial charge in [-0.3, -0.25) is 0 Å². The van der Waals surface area contributed by atoms with E-state index in [1.54, 1.807) is 29.2 Å². The van der Waals surface area contributed by atoms with E-state index in [2.05, 4.69) is 32.2 Å². The molecular formula is C21H15F2N5Pt. The molecule has 0 aliphatic rings. The van der Waals surface area contributed by atoms with E-state index in [0.717, 1.165) is 11.8 Å². The fourth-order valence-electron chi connectivity index (χ4n) is 2.80. The van der Waals surface area contributed by atoms with Gasteiger partial charge in [0.1, 0.15) is 6.33 Å². The average Bonchev–Trinajstić information content (AvgIpc) is 3.19. The van der Waals surface area contributed by atoms with E-state index in [0.29, 0.717) is 17.2 Å². The summed E-state index contributed by atoms with van der Waals surface area (Å²) in [5.41, 5.74) is 1.38. The smallest absolute Gasteiger partial charge is 0.316 e. The minimum atomic E-state index is -1.01. The van der Waals surface area contributed by atoms with Crippen LogP contribution >= 0.6 is 0 Å². The fraction of sp³-hybridized carbons (Fsp3) is 0.143. The Labute approximate surface area is 181 Å². The molecule has 0 N–H and O–H groups in total. The Morgan fingerprint density at radius 3 is 2.59 bits per heavy atom. The van der Waals surface area contributed by atoms with E-state index in [1.807, 2.05) is 38.1 Å². The first-order chi connectivity index (χ1) is 13.4. The van der Waals surface area contributed by atoms with Crippen molar-refractivity contribution in [2.75, 3.05) is 0 Å². The molecule has 0 fully saturated rings. The molecule has 0 aliphatic heterocycles. The van der Waals surface area contributed by atoms with Crippen LogP contribution in [0.2, 0.25) is 0 Å². The van der Waals surface area contributed by atoms with Crippen molar-refractivity contribution in [1.82, 2.24) is 24.7 Å². The van der Waals surface area contributed by atoms with Gasteiger partial charge in [0.2, 0.25) is 0 Å². The van der Waals surface area contributed by atoms with E-state index in [-0.39, 0.29) is 26.6 Å². The minimum absolute atomic E-state index is 0. The van der Waals surface area contributed by atoms with Gasteiger partial charge in [-0.1, -0.05) is 12.1 Å². The number of para-hydroxylation sites is 1. The van der Waals surface area contributed by atoms with Gasteiger partial charge in [-0.15, -0.1) is 18.2 Å². The second-order valence-corrected chi connectivity index (χ2v) is 6.70. The molecule has 5 nitrogen and oxygen atoms in total. The van der Waals surface area contributed by atoms with Gasteiger partial charge in [0.05, 0.1) is 5.41 Å². The van der Waals surface area contributed by atoms with E-state index < -0.39 is 17.3 Å². The minimum Gasteiger partial charge on any atom is -0.316 e. The molecule has 0 unspecified atom stereocenters. The molecule has 0 radical (unpaired) electrons. The van der Waals surface area contributed by atoms with Crippen LogP contribution in [0.5, 0.6) is 0 Å². The van der Waals surface area contributed by atoms with Gasteiger partial charge in [-0.05, 0) is 31.3 Å². The zero-order valence-corrected chi connectivity index (χ0v) is 17.8. The van der Waals surface area contributed by atoms with Crippen LogP contribution in [-0.4, -0.2) is 24.7 Å². The number of rotatable bonds is 4. The van der Waals surface area contributed by atoms with Crippen molar-refractivity contribution in [2.45, 2.75) is 19.3 Å². The molecule has 29 heavy (non-hydrogen) atoms. The number of aromatic nitrogens is 5. The first kappa shape index (κ1) is 20.9. The van der Waals surface area contributed by atoms with Gasteiger partial charge in [0.25, 0.3) is 0 Å². The zero-order valence-electron chi connectivity index (χ0n) is 15.5. The quantitative estimate of drug-likeness (QED) is 0.276. The molecule has 0 saturated heterocycles. The Balaban J connectivity index is 0.00000240. The Bertz CT molecular complexity index is 1110. The SMILES string of the molecule is CC(C)(c1cccc(-c2[c-]c(F)nc(F)c2)n1)c1ncn(-c2[c-]cccc2)n1.[Pt+2]. The molecule has 4 aromatic rings. The van der Waals surface area contributed by atoms with Crippen molar-refractivity contribution in [3.8, 4) is 16.9 Å². The summed E-state index contributed by atoms with van der Waals surface area (Å²) in [6.45, 7) is 3.87. The van der Waals surface area contributed by atoms with Crippen molar-refractivity contribution >= 4 is 0 Å². The molecule has 0 atom stereocenters. The third kappa shape index (κ3) is 4.30. The van der Waals surface area contributed by atoms with Gasteiger partial charge in [0, 0.05) is 5.69 Å². The van der Waals surface area contributed by atoms with Crippen molar-refractivity contribution in [3.63, 3.8) is 0 Å². The Hall–Kier alpha value is -2.79. The van der Waals surface area contributed by atoms with Crippen molar-refractivity contribution in [2.24, 2.45) is 0 Å². The topological polar surface area (TPSA) is 56.5 Å². The molecular weight excluding hydrogens is 555 g/mol. The largest absolute Gasteiger partial charge is 2.00 e. The predicted molar refractivity (Wildman–Crippen MR) is 98.5 cm³/mol. The summed E-state index contributed by atoms with van der Waals surface area (Å²) in [5.74, 6) is -1.37. The fourth-order valence-corrected chi connectivity index (χ4v) is 2.80. The first-order valence-electron chi connectivity index (χ1n) is 8.56.